The average molecular weight is 329 g/mol. The minimum atomic E-state index is 0.233. The number of hydrogen-bond acceptors (Lipinski definition) is 3. The lowest BCUT2D eigenvalue weighted by Gasteiger charge is -2.32. The zero-order chi connectivity index (χ0) is 14.0. The smallest absolute Gasteiger partial charge is 0.224 e. The number of aromatic nitrogens is 2. The third-order valence-corrected chi connectivity index (χ3v) is 4.83. The summed E-state index contributed by atoms with van der Waals surface area (Å²) in [7, 11) is 2.09. The van der Waals surface area contributed by atoms with Gasteiger partial charge in [0.1, 0.15) is 0 Å². The maximum atomic E-state index is 12.1. The molecule has 0 saturated carbocycles. The first-order valence-corrected chi connectivity index (χ1v) is 7.44. The molecule has 1 saturated heterocycles. The van der Waals surface area contributed by atoms with E-state index in [9.17, 15) is 4.79 Å². The van der Waals surface area contributed by atoms with Crippen molar-refractivity contribution in [2.45, 2.75) is 26.8 Å². The van der Waals surface area contributed by atoms with Crippen LogP contribution in [0.4, 0.5) is 0 Å². The fraction of sp³-hybridized carbons (Fsp3) is 0.692. The highest BCUT2D eigenvalue weighted by atomic mass is 79.9. The molecular formula is C13H21BrN4O. The molecular weight excluding hydrogens is 308 g/mol. The van der Waals surface area contributed by atoms with E-state index in [0.717, 1.165) is 42.0 Å². The lowest BCUT2D eigenvalue weighted by molar-refractivity contribution is -0.133. The summed E-state index contributed by atoms with van der Waals surface area (Å²) in [5.74, 6) is 0.233. The van der Waals surface area contributed by atoms with Crippen LogP contribution in [0, 0.1) is 13.8 Å². The van der Waals surface area contributed by atoms with Gasteiger partial charge in [0.25, 0.3) is 0 Å². The molecule has 0 atom stereocenters. The third kappa shape index (κ3) is 3.36. The highest BCUT2D eigenvalue weighted by Gasteiger charge is 2.19. The second-order valence-corrected chi connectivity index (χ2v) is 5.94. The molecule has 2 rings (SSSR count). The zero-order valence-corrected chi connectivity index (χ0v) is 13.4. The highest BCUT2D eigenvalue weighted by molar-refractivity contribution is 9.10. The molecule has 1 amide bonds. The summed E-state index contributed by atoms with van der Waals surface area (Å²) >= 11 is 3.51. The topological polar surface area (TPSA) is 41.4 Å². The van der Waals surface area contributed by atoms with Gasteiger partial charge in [-0.15, -0.1) is 0 Å². The second kappa shape index (κ2) is 6.05. The number of aryl methyl sites for hydroxylation is 2. The summed E-state index contributed by atoms with van der Waals surface area (Å²) in [5, 5.41) is 4.43. The van der Waals surface area contributed by atoms with Crippen LogP contribution in [0.5, 0.6) is 0 Å². The Morgan fingerprint density at radius 3 is 2.42 bits per heavy atom. The molecule has 1 aliphatic rings. The Morgan fingerprint density at radius 1 is 1.26 bits per heavy atom. The van der Waals surface area contributed by atoms with Crippen LogP contribution in [0.1, 0.15) is 17.8 Å². The molecule has 0 aromatic carbocycles. The molecule has 0 spiro atoms. The van der Waals surface area contributed by atoms with E-state index in [0.29, 0.717) is 13.0 Å². The number of carbonyl (C=O) groups excluding carboxylic acids is 1. The van der Waals surface area contributed by atoms with Crippen molar-refractivity contribution in [3.63, 3.8) is 0 Å². The van der Waals surface area contributed by atoms with Crippen LogP contribution in [-0.4, -0.2) is 58.7 Å². The summed E-state index contributed by atoms with van der Waals surface area (Å²) < 4.78 is 2.95. The van der Waals surface area contributed by atoms with E-state index >= 15 is 0 Å². The van der Waals surface area contributed by atoms with Crippen LogP contribution in [0.25, 0.3) is 0 Å². The van der Waals surface area contributed by atoms with Gasteiger partial charge in [-0.05, 0) is 36.8 Å². The Hall–Kier alpha value is -0.880. The van der Waals surface area contributed by atoms with Crippen LogP contribution >= 0.6 is 15.9 Å². The monoisotopic (exact) mass is 328 g/mol. The van der Waals surface area contributed by atoms with E-state index in [1.165, 1.54) is 0 Å². The van der Waals surface area contributed by atoms with E-state index in [2.05, 4.69) is 33.0 Å². The Balaban J connectivity index is 1.88. The quantitative estimate of drug-likeness (QED) is 0.842. The van der Waals surface area contributed by atoms with Crippen molar-refractivity contribution in [2.75, 3.05) is 33.2 Å². The lowest BCUT2D eigenvalue weighted by atomic mass is 10.3. The number of halogens is 1. The Bertz CT molecular complexity index is 463. The maximum absolute atomic E-state index is 12.1. The van der Waals surface area contributed by atoms with E-state index in [1.54, 1.807) is 0 Å². The molecule has 0 unspecified atom stereocenters. The van der Waals surface area contributed by atoms with Gasteiger partial charge in [0.05, 0.1) is 16.7 Å². The molecule has 0 radical (unpaired) electrons. The number of carbonyl (C=O) groups is 1. The van der Waals surface area contributed by atoms with Crippen molar-refractivity contribution >= 4 is 21.8 Å². The maximum Gasteiger partial charge on any atom is 0.224 e. The normalized spacial score (nSPS) is 16.9. The number of rotatable bonds is 3. The van der Waals surface area contributed by atoms with Crippen molar-refractivity contribution in [3.8, 4) is 0 Å². The number of amides is 1. The molecule has 0 aliphatic carbocycles. The van der Waals surface area contributed by atoms with Gasteiger partial charge in [-0.3, -0.25) is 9.48 Å². The first-order valence-electron chi connectivity index (χ1n) is 6.65. The standard InChI is InChI=1S/C13H21BrN4O/c1-10-13(14)11(2)18(15-10)5-4-12(19)17-8-6-16(3)7-9-17/h4-9H2,1-3H3. The molecule has 0 N–H and O–H groups in total. The van der Waals surface area contributed by atoms with Gasteiger partial charge in [-0.1, -0.05) is 0 Å². The van der Waals surface area contributed by atoms with Crippen molar-refractivity contribution in [1.29, 1.82) is 0 Å². The van der Waals surface area contributed by atoms with E-state index < -0.39 is 0 Å². The Labute approximate surface area is 122 Å². The lowest BCUT2D eigenvalue weighted by Crippen LogP contribution is -2.47. The van der Waals surface area contributed by atoms with E-state index in [-0.39, 0.29) is 5.91 Å². The minimum absolute atomic E-state index is 0.233. The molecule has 19 heavy (non-hydrogen) atoms. The SMILES string of the molecule is Cc1nn(CCC(=O)N2CCN(C)CC2)c(C)c1Br. The van der Waals surface area contributed by atoms with Gasteiger partial charge >= 0.3 is 0 Å². The van der Waals surface area contributed by atoms with Gasteiger partial charge in [-0.25, -0.2) is 0 Å². The average Bonchev–Trinajstić information content (AvgIpc) is 2.64. The first kappa shape index (κ1) is 14.5. The Morgan fingerprint density at radius 2 is 1.89 bits per heavy atom. The molecule has 106 valence electrons. The minimum Gasteiger partial charge on any atom is -0.340 e. The van der Waals surface area contributed by atoms with Crippen molar-refractivity contribution in [3.05, 3.63) is 15.9 Å². The number of hydrogen-bond donors (Lipinski definition) is 0. The second-order valence-electron chi connectivity index (χ2n) is 5.14. The largest absolute Gasteiger partial charge is 0.340 e. The highest BCUT2D eigenvalue weighted by Crippen LogP contribution is 2.20. The fourth-order valence-corrected chi connectivity index (χ4v) is 2.59. The zero-order valence-electron chi connectivity index (χ0n) is 11.8. The van der Waals surface area contributed by atoms with Crippen molar-refractivity contribution < 1.29 is 4.79 Å². The number of likely N-dealkylation sites (N-methyl/N-ethyl adjacent to an activating group) is 1. The molecule has 6 heteroatoms. The van der Waals surface area contributed by atoms with Crippen LogP contribution in [0.15, 0.2) is 4.47 Å². The summed E-state index contributed by atoms with van der Waals surface area (Å²) in [6.45, 7) is 8.27. The summed E-state index contributed by atoms with van der Waals surface area (Å²) in [6.07, 6.45) is 0.526. The van der Waals surface area contributed by atoms with Gasteiger partial charge < -0.3 is 9.80 Å². The van der Waals surface area contributed by atoms with Gasteiger partial charge in [0.15, 0.2) is 0 Å². The molecule has 1 fully saturated rings. The molecule has 1 aromatic heterocycles. The molecule has 1 aromatic rings. The van der Waals surface area contributed by atoms with Crippen LogP contribution in [0.3, 0.4) is 0 Å². The van der Waals surface area contributed by atoms with Crippen LogP contribution in [0.2, 0.25) is 0 Å². The molecule has 1 aliphatic heterocycles. The molecule has 5 nitrogen and oxygen atoms in total. The number of nitrogens with zero attached hydrogens (tertiary/aromatic N) is 4. The summed E-state index contributed by atoms with van der Waals surface area (Å²) in [4.78, 5) is 16.3. The van der Waals surface area contributed by atoms with Crippen LogP contribution in [-0.2, 0) is 11.3 Å². The Kier molecular flexibility index (Phi) is 4.62. The molecule has 2 heterocycles. The van der Waals surface area contributed by atoms with Crippen molar-refractivity contribution in [1.82, 2.24) is 19.6 Å². The molecule has 0 bridgehead atoms. The van der Waals surface area contributed by atoms with Gasteiger partial charge in [0.2, 0.25) is 5.91 Å². The fourth-order valence-electron chi connectivity index (χ4n) is 2.31. The van der Waals surface area contributed by atoms with Gasteiger partial charge in [-0.2, -0.15) is 5.10 Å². The van der Waals surface area contributed by atoms with E-state index in [4.69, 9.17) is 0 Å². The van der Waals surface area contributed by atoms with Gasteiger partial charge in [0, 0.05) is 38.3 Å². The predicted octanol–water partition coefficient (Wildman–Crippen LogP) is 1.43. The van der Waals surface area contributed by atoms with Crippen molar-refractivity contribution in [2.24, 2.45) is 0 Å². The van der Waals surface area contributed by atoms with E-state index in [1.807, 2.05) is 23.4 Å². The third-order valence-electron chi connectivity index (χ3n) is 3.69. The van der Waals surface area contributed by atoms with Crippen LogP contribution < -0.4 is 0 Å². The first-order chi connectivity index (χ1) is 8.99. The number of piperazine rings is 1. The summed E-state index contributed by atoms with van der Waals surface area (Å²) in [5.41, 5.74) is 2.06. The predicted molar refractivity (Wildman–Crippen MR) is 78.1 cm³/mol. The summed E-state index contributed by atoms with van der Waals surface area (Å²) in [6, 6.07) is 0.